The highest BCUT2D eigenvalue weighted by Gasteiger charge is 2.68. The molecule has 94 valence electrons. The molecule has 3 heteroatoms. The second-order valence-electron chi connectivity index (χ2n) is 6.46. The fourth-order valence-electron chi connectivity index (χ4n) is 5.11. The Hall–Kier alpha value is -0.570. The zero-order valence-electron chi connectivity index (χ0n) is 10.6. The molecule has 4 rings (SSSR count). The minimum atomic E-state index is 0.350. The van der Waals surface area contributed by atoms with E-state index in [1.807, 2.05) is 0 Å². The summed E-state index contributed by atoms with van der Waals surface area (Å²) in [6, 6.07) is 0.625. The molecule has 3 aliphatic carbocycles. The number of fused-ring (bicyclic) bond motifs is 5. The average Bonchev–Trinajstić information content (AvgIpc) is 2.68. The summed E-state index contributed by atoms with van der Waals surface area (Å²) < 4.78 is 0. The Morgan fingerprint density at radius 2 is 2.00 bits per heavy atom. The number of nitrogens with zero attached hydrogens (tertiary/aromatic N) is 1. The first-order valence-electron chi connectivity index (χ1n) is 7.35. The van der Waals surface area contributed by atoms with Crippen LogP contribution in [0.3, 0.4) is 0 Å². The Kier molecular flexibility index (Phi) is 2.11. The number of carbonyl (C=O) groups excluding carboxylic acids is 1. The molecule has 1 N–H and O–H groups in total. The summed E-state index contributed by atoms with van der Waals surface area (Å²) in [5.74, 6) is 4.06. The quantitative estimate of drug-likeness (QED) is 0.804. The summed E-state index contributed by atoms with van der Waals surface area (Å²) >= 11 is 0. The number of rotatable bonds is 3. The van der Waals surface area contributed by atoms with Gasteiger partial charge in [-0.25, -0.2) is 0 Å². The van der Waals surface area contributed by atoms with E-state index in [4.69, 9.17) is 0 Å². The van der Waals surface area contributed by atoms with Crippen LogP contribution < -0.4 is 5.32 Å². The van der Waals surface area contributed by atoms with Crippen molar-refractivity contribution in [2.24, 2.45) is 23.7 Å². The summed E-state index contributed by atoms with van der Waals surface area (Å²) in [5.41, 5.74) is 0. The van der Waals surface area contributed by atoms with Gasteiger partial charge < -0.3 is 4.90 Å². The summed E-state index contributed by atoms with van der Waals surface area (Å²) in [5, 5.41) is 3.39. The van der Waals surface area contributed by atoms with Crippen LogP contribution in [0.1, 0.15) is 39.0 Å². The van der Waals surface area contributed by atoms with Crippen molar-refractivity contribution in [1.82, 2.24) is 10.2 Å². The lowest BCUT2D eigenvalue weighted by Gasteiger charge is -2.27. The third-order valence-corrected chi connectivity index (χ3v) is 5.69. The molecule has 17 heavy (non-hydrogen) atoms. The second-order valence-corrected chi connectivity index (χ2v) is 6.46. The van der Waals surface area contributed by atoms with Crippen LogP contribution in [-0.2, 0) is 4.79 Å². The summed E-state index contributed by atoms with van der Waals surface area (Å²) in [6.45, 7) is 2.79. The van der Waals surface area contributed by atoms with Crippen molar-refractivity contribution in [2.75, 3.05) is 6.54 Å². The molecule has 3 saturated carbocycles. The normalized spacial score (nSPS) is 51.1. The van der Waals surface area contributed by atoms with Crippen molar-refractivity contribution in [3.8, 4) is 0 Å². The molecule has 4 aliphatic rings. The van der Waals surface area contributed by atoms with Gasteiger partial charge in [0, 0.05) is 6.04 Å². The van der Waals surface area contributed by atoms with Crippen LogP contribution in [0.25, 0.3) is 0 Å². The van der Waals surface area contributed by atoms with Crippen LogP contribution in [0.15, 0.2) is 0 Å². The highest BCUT2D eigenvalue weighted by Crippen LogP contribution is 2.67. The standard InChI is InChI=1S/C14H22N2O/c1-2-3-10-15-7-11(17)16(10)14-12-8-4-5-9(6-8)13(12)14/h8-10,12-15H,2-7H2,1H3. The average molecular weight is 234 g/mol. The lowest BCUT2D eigenvalue weighted by Crippen LogP contribution is -2.41. The summed E-state index contributed by atoms with van der Waals surface area (Å²) in [4.78, 5) is 14.3. The summed E-state index contributed by atoms with van der Waals surface area (Å²) in [6.07, 6.45) is 6.99. The maximum absolute atomic E-state index is 12.1. The Morgan fingerprint density at radius 1 is 1.29 bits per heavy atom. The van der Waals surface area contributed by atoms with Gasteiger partial charge in [-0.15, -0.1) is 0 Å². The molecule has 0 aromatic heterocycles. The van der Waals surface area contributed by atoms with Crippen molar-refractivity contribution in [3.63, 3.8) is 0 Å². The van der Waals surface area contributed by atoms with Gasteiger partial charge in [-0.3, -0.25) is 10.1 Å². The van der Waals surface area contributed by atoms with Gasteiger partial charge in [-0.2, -0.15) is 0 Å². The van der Waals surface area contributed by atoms with E-state index < -0.39 is 0 Å². The van der Waals surface area contributed by atoms with E-state index in [1.165, 1.54) is 19.3 Å². The van der Waals surface area contributed by atoms with E-state index in [-0.39, 0.29) is 0 Å². The Morgan fingerprint density at radius 3 is 2.65 bits per heavy atom. The minimum Gasteiger partial charge on any atom is -0.322 e. The molecule has 0 aromatic carbocycles. The van der Waals surface area contributed by atoms with Gasteiger partial charge in [0.15, 0.2) is 0 Å². The third kappa shape index (κ3) is 1.29. The van der Waals surface area contributed by atoms with Crippen LogP contribution in [0.5, 0.6) is 0 Å². The predicted molar refractivity (Wildman–Crippen MR) is 65.1 cm³/mol. The largest absolute Gasteiger partial charge is 0.322 e. The van der Waals surface area contributed by atoms with Crippen molar-refractivity contribution in [3.05, 3.63) is 0 Å². The monoisotopic (exact) mass is 234 g/mol. The maximum atomic E-state index is 12.1. The molecule has 1 aliphatic heterocycles. The second kappa shape index (κ2) is 3.47. The Labute approximate surface area is 103 Å². The molecular weight excluding hydrogens is 212 g/mol. The lowest BCUT2D eigenvalue weighted by molar-refractivity contribution is -0.129. The van der Waals surface area contributed by atoms with E-state index in [0.29, 0.717) is 24.7 Å². The van der Waals surface area contributed by atoms with E-state index in [2.05, 4.69) is 17.1 Å². The first-order valence-corrected chi connectivity index (χ1v) is 7.35. The Bertz CT molecular complexity index is 340. The number of hydrogen-bond donors (Lipinski definition) is 1. The lowest BCUT2D eigenvalue weighted by atomic mass is 10.0. The highest BCUT2D eigenvalue weighted by molar-refractivity contribution is 5.81. The topological polar surface area (TPSA) is 32.3 Å². The number of amides is 1. The minimum absolute atomic E-state index is 0.350. The van der Waals surface area contributed by atoms with Gasteiger partial charge in [-0.05, 0) is 49.4 Å². The van der Waals surface area contributed by atoms with Crippen LogP contribution >= 0.6 is 0 Å². The zero-order chi connectivity index (χ0) is 11.6. The van der Waals surface area contributed by atoms with Gasteiger partial charge in [0.05, 0.1) is 12.7 Å². The molecule has 1 saturated heterocycles. The molecule has 5 unspecified atom stereocenters. The number of hydrogen-bond acceptors (Lipinski definition) is 2. The van der Waals surface area contributed by atoms with Crippen molar-refractivity contribution in [2.45, 2.75) is 51.2 Å². The van der Waals surface area contributed by atoms with Crippen LogP contribution in [0.4, 0.5) is 0 Å². The molecule has 2 bridgehead atoms. The fourth-order valence-corrected chi connectivity index (χ4v) is 5.11. The predicted octanol–water partition coefficient (Wildman–Crippen LogP) is 1.59. The van der Waals surface area contributed by atoms with Gasteiger partial charge in [0.25, 0.3) is 0 Å². The van der Waals surface area contributed by atoms with Gasteiger partial charge >= 0.3 is 0 Å². The van der Waals surface area contributed by atoms with Crippen molar-refractivity contribution >= 4 is 5.91 Å². The molecule has 3 nitrogen and oxygen atoms in total. The first kappa shape index (κ1) is 10.4. The van der Waals surface area contributed by atoms with Gasteiger partial charge in [-0.1, -0.05) is 13.3 Å². The fraction of sp³-hybridized carbons (Fsp3) is 0.929. The molecule has 1 heterocycles. The van der Waals surface area contributed by atoms with E-state index in [9.17, 15) is 4.79 Å². The van der Waals surface area contributed by atoms with E-state index in [0.717, 1.165) is 36.5 Å². The summed E-state index contributed by atoms with van der Waals surface area (Å²) in [7, 11) is 0. The van der Waals surface area contributed by atoms with Crippen LogP contribution in [0, 0.1) is 23.7 Å². The van der Waals surface area contributed by atoms with E-state index in [1.54, 1.807) is 0 Å². The smallest absolute Gasteiger partial charge is 0.238 e. The molecule has 0 spiro atoms. The van der Waals surface area contributed by atoms with Gasteiger partial charge in [0.1, 0.15) is 0 Å². The number of nitrogens with one attached hydrogen (secondary N) is 1. The van der Waals surface area contributed by atoms with Crippen molar-refractivity contribution in [1.29, 1.82) is 0 Å². The molecule has 0 aromatic rings. The molecule has 0 radical (unpaired) electrons. The van der Waals surface area contributed by atoms with Crippen LogP contribution in [0.2, 0.25) is 0 Å². The zero-order valence-corrected chi connectivity index (χ0v) is 10.6. The Balaban J connectivity index is 1.53. The van der Waals surface area contributed by atoms with Gasteiger partial charge in [0.2, 0.25) is 5.91 Å². The molecule has 4 fully saturated rings. The SMILES string of the molecule is CCCC1NCC(=O)N1C1C2C3CCC(C3)C21. The third-order valence-electron chi connectivity index (χ3n) is 5.69. The highest BCUT2D eigenvalue weighted by atomic mass is 16.2. The molecule has 1 amide bonds. The van der Waals surface area contributed by atoms with E-state index >= 15 is 0 Å². The maximum Gasteiger partial charge on any atom is 0.238 e. The van der Waals surface area contributed by atoms with Crippen molar-refractivity contribution < 1.29 is 4.79 Å². The molecule has 5 atom stereocenters. The first-order chi connectivity index (χ1) is 8.31. The van der Waals surface area contributed by atoms with Crippen LogP contribution in [-0.4, -0.2) is 29.6 Å². The number of carbonyl (C=O) groups is 1. The molecular formula is C14H22N2O.